The molecule has 0 atom stereocenters. The van der Waals surface area contributed by atoms with E-state index in [-0.39, 0.29) is 17.8 Å². The van der Waals surface area contributed by atoms with Crippen molar-refractivity contribution < 1.29 is 24.0 Å². The Bertz CT molecular complexity index is 853. The van der Waals surface area contributed by atoms with Crippen molar-refractivity contribution in [3.05, 3.63) is 63.7 Å². The van der Waals surface area contributed by atoms with Gasteiger partial charge in [-0.3, -0.25) is 14.9 Å². The first-order valence-corrected chi connectivity index (χ1v) is 7.97. The van der Waals surface area contributed by atoms with E-state index < -0.39 is 23.4 Å². The van der Waals surface area contributed by atoms with Crippen molar-refractivity contribution in [1.82, 2.24) is 5.32 Å². The number of carbonyl (C=O) groups is 2. The molecule has 27 heavy (non-hydrogen) atoms. The molecule has 0 saturated carbocycles. The second kappa shape index (κ2) is 9.18. The first-order valence-electron chi connectivity index (χ1n) is 7.97. The summed E-state index contributed by atoms with van der Waals surface area (Å²) in [5, 5.41) is 16.2. The number of hydrogen-bond acceptors (Lipinski definition) is 7. The van der Waals surface area contributed by atoms with Gasteiger partial charge < -0.3 is 20.1 Å². The number of esters is 1. The van der Waals surface area contributed by atoms with Crippen LogP contribution in [0.3, 0.4) is 0 Å². The Hall–Kier alpha value is -3.62. The highest BCUT2D eigenvalue weighted by atomic mass is 16.6. The molecule has 2 aromatic carbocycles. The quantitative estimate of drug-likeness (QED) is 0.413. The summed E-state index contributed by atoms with van der Waals surface area (Å²) in [4.78, 5) is 34.3. The first kappa shape index (κ1) is 19.7. The molecule has 0 spiro atoms. The molecular weight excluding hydrogens is 354 g/mol. The minimum absolute atomic E-state index is 0.0210. The minimum atomic E-state index is -0.834. The van der Waals surface area contributed by atoms with Crippen LogP contribution in [0, 0.1) is 10.1 Å². The fourth-order valence-electron chi connectivity index (χ4n) is 2.28. The number of methoxy groups -OCH3 is 1. The topological polar surface area (TPSA) is 120 Å². The highest BCUT2D eigenvalue weighted by Gasteiger charge is 2.18. The lowest BCUT2D eigenvalue weighted by Gasteiger charge is -2.10. The van der Waals surface area contributed by atoms with Gasteiger partial charge in [0, 0.05) is 31.4 Å². The monoisotopic (exact) mass is 373 g/mol. The SMILES string of the molecule is CNc1ccc([N+](=O)[O-])cc1C(=O)OCC(=O)NCc1cccc(OC)c1. The van der Waals surface area contributed by atoms with E-state index in [2.05, 4.69) is 10.6 Å². The molecule has 0 radical (unpaired) electrons. The van der Waals surface area contributed by atoms with E-state index >= 15 is 0 Å². The lowest BCUT2D eigenvalue weighted by atomic mass is 10.1. The highest BCUT2D eigenvalue weighted by Crippen LogP contribution is 2.22. The number of rotatable bonds is 8. The van der Waals surface area contributed by atoms with Gasteiger partial charge in [-0.25, -0.2) is 4.79 Å². The van der Waals surface area contributed by atoms with Crippen molar-refractivity contribution in [2.24, 2.45) is 0 Å². The molecule has 1 amide bonds. The third-order valence-corrected chi connectivity index (χ3v) is 3.66. The summed E-state index contributed by atoms with van der Waals surface area (Å²) >= 11 is 0. The lowest BCUT2D eigenvalue weighted by molar-refractivity contribution is -0.384. The highest BCUT2D eigenvalue weighted by molar-refractivity contribution is 5.97. The largest absolute Gasteiger partial charge is 0.497 e. The third-order valence-electron chi connectivity index (χ3n) is 3.66. The number of benzene rings is 2. The molecule has 0 aromatic heterocycles. The molecule has 9 heteroatoms. The number of nitro benzene ring substituents is 1. The summed E-state index contributed by atoms with van der Waals surface area (Å²) < 4.78 is 10.1. The number of nitrogens with zero attached hydrogens (tertiary/aromatic N) is 1. The number of non-ortho nitro benzene ring substituents is 1. The molecule has 2 N–H and O–H groups in total. The Morgan fingerprint density at radius 2 is 1.96 bits per heavy atom. The molecule has 0 heterocycles. The third kappa shape index (κ3) is 5.43. The summed E-state index contributed by atoms with van der Waals surface area (Å²) in [6, 6.07) is 10.9. The van der Waals surface area contributed by atoms with Crippen molar-refractivity contribution in [1.29, 1.82) is 0 Å². The van der Waals surface area contributed by atoms with E-state index in [0.29, 0.717) is 11.4 Å². The zero-order valence-electron chi connectivity index (χ0n) is 14.9. The van der Waals surface area contributed by atoms with Crippen LogP contribution in [0.1, 0.15) is 15.9 Å². The molecule has 0 saturated heterocycles. The molecule has 0 aliphatic carbocycles. The van der Waals surface area contributed by atoms with Gasteiger partial charge in [0.05, 0.1) is 17.6 Å². The molecule has 0 aliphatic heterocycles. The Labute approximate surface area is 155 Å². The van der Waals surface area contributed by atoms with Crippen LogP contribution in [0.15, 0.2) is 42.5 Å². The maximum absolute atomic E-state index is 12.2. The van der Waals surface area contributed by atoms with Crippen LogP contribution in [-0.2, 0) is 16.1 Å². The molecule has 2 rings (SSSR count). The minimum Gasteiger partial charge on any atom is -0.497 e. The van der Waals surface area contributed by atoms with Gasteiger partial charge in [-0.1, -0.05) is 12.1 Å². The van der Waals surface area contributed by atoms with E-state index in [0.717, 1.165) is 11.6 Å². The van der Waals surface area contributed by atoms with Crippen molar-refractivity contribution >= 4 is 23.3 Å². The number of nitro groups is 1. The summed E-state index contributed by atoms with van der Waals surface area (Å²) in [5.74, 6) is -0.666. The van der Waals surface area contributed by atoms with Crippen molar-refractivity contribution in [2.75, 3.05) is 26.1 Å². The van der Waals surface area contributed by atoms with Crippen LogP contribution < -0.4 is 15.4 Å². The van der Waals surface area contributed by atoms with Crippen LogP contribution in [0.25, 0.3) is 0 Å². The van der Waals surface area contributed by atoms with Gasteiger partial charge in [0.1, 0.15) is 5.75 Å². The standard InChI is InChI=1S/C18H19N3O6/c1-19-16-7-6-13(21(24)25)9-15(16)18(23)27-11-17(22)20-10-12-4-3-5-14(8-12)26-2/h3-9,19H,10-11H2,1-2H3,(H,20,22). The summed E-state index contributed by atoms with van der Waals surface area (Å²) in [7, 11) is 3.11. The van der Waals surface area contributed by atoms with Crippen molar-refractivity contribution in [3.63, 3.8) is 0 Å². The second-order valence-electron chi connectivity index (χ2n) is 5.44. The lowest BCUT2D eigenvalue weighted by Crippen LogP contribution is -2.28. The average molecular weight is 373 g/mol. The van der Waals surface area contributed by atoms with Crippen LogP contribution in [0.4, 0.5) is 11.4 Å². The Kier molecular flexibility index (Phi) is 6.70. The average Bonchev–Trinajstić information content (AvgIpc) is 2.69. The molecule has 0 fully saturated rings. The van der Waals surface area contributed by atoms with Gasteiger partial charge in [-0.05, 0) is 23.8 Å². The van der Waals surface area contributed by atoms with E-state index in [9.17, 15) is 19.7 Å². The van der Waals surface area contributed by atoms with E-state index in [1.54, 1.807) is 32.4 Å². The predicted octanol–water partition coefficient (Wildman–Crippen LogP) is 2.12. The summed E-state index contributed by atoms with van der Waals surface area (Å²) in [5.41, 5.74) is 0.920. The summed E-state index contributed by atoms with van der Waals surface area (Å²) in [6.45, 7) is -0.263. The zero-order chi connectivity index (χ0) is 19.8. The van der Waals surface area contributed by atoms with Crippen molar-refractivity contribution in [3.8, 4) is 5.75 Å². The molecule has 9 nitrogen and oxygen atoms in total. The van der Waals surface area contributed by atoms with Crippen LogP contribution in [-0.4, -0.2) is 37.6 Å². The second-order valence-corrected chi connectivity index (χ2v) is 5.44. The van der Waals surface area contributed by atoms with Crippen LogP contribution in [0.2, 0.25) is 0 Å². The Balaban J connectivity index is 1.93. The molecule has 0 bridgehead atoms. The van der Waals surface area contributed by atoms with Gasteiger partial charge in [-0.15, -0.1) is 0 Å². The number of anilines is 1. The van der Waals surface area contributed by atoms with E-state index in [1.807, 2.05) is 6.07 Å². The van der Waals surface area contributed by atoms with Gasteiger partial charge in [-0.2, -0.15) is 0 Å². The van der Waals surface area contributed by atoms with Gasteiger partial charge in [0.15, 0.2) is 6.61 Å². The fourth-order valence-corrected chi connectivity index (χ4v) is 2.28. The number of carbonyl (C=O) groups excluding carboxylic acids is 2. The molecule has 142 valence electrons. The normalized spacial score (nSPS) is 10.0. The number of amides is 1. The number of nitrogens with one attached hydrogen (secondary N) is 2. The molecule has 2 aromatic rings. The predicted molar refractivity (Wildman–Crippen MR) is 97.8 cm³/mol. The zero-order valence-corrected chi connectivity index (χ0v) is 14.9. The van der Waals surface area contributed by atoms with E-state index in [1.165, 1.54) is 12.1 Å². The number of ether oxygens (including phenoxy) is 2. The van der Waals surface area contributed by atoms with Gasteiger partial charge >= 0.3 is 5.97 Å². The van der Waals surface area contributed by atoms with Crippen LogP contribution >= 0.6 is 0 Å². The van der Waals surface area contributed by atoms with Crippen LogP contribution in [0.5, 0.6) is 5.75 Å². The first-order chi connectivity index (χ1) is 12.9. The number of hydrogen-bond donors (Lipinski definition) is 2. The fraction of sp³-hybridized carbons (Fsp3) is 0.222. The molecular formula is C18H19N3O6. The maximum atomic E-state index is 12.2. The molecule has 0 aliphatic rings. The summed E-state index contributed by atoms with van der Waals surface area (Å²) in [6.07, 6.45) is 0. The van der Waals surface area contributed by atoms with E-state index in [4.69, 9.17) is 9.47 Å². The van der Waals surface area contributed by atoms with Gasteiger partial charge in [0.25, 0.3) is 11.6 Å². The Morgan fingerprint density at radius 1 is 1.19 bits per heavy atom. The maximum Gasteiger partial charge on any atom is 0.341 e. The molecule has 0 unspecified atom stereocenters. The van der Waals surface area contributed by atoms with Gasteiger partial charge in [0.2, 0.25) is 0 Å². The Morgan fingerprint density at radius 3 is 2.63 bits per heavy atom. The van der Waals surface area contributed by atoms with Crippen molar-refractivity contribution in [2.45, 2.75) is 6.54 Å². The smallest absolute Gasteiger partial charge is 0.341 e.